The molecule has 5 heteroatoms. The smallest absolute Gasteiger partial charge is 0.270 e. The molecule has 3 rings (SSSR count). The van der Waals surface area contributed by atoms with Crippen LogP contribution in [0.2, 0.25) is 0 Å². The van der Waals surface area contributed by atoms with Gasteiger partial charge in [0.15, 0.2) is 0 Å². The summed E-state index contributed by atoms with van der Waals surface area (Å²) in [5.41, 5.74) is 3.97. The molecule has 0 fully saturated rings. The van der Waals surface area contributed by atoms with Gasteiger partial charge in [-0.15, -0.1) is 11.6 Å². The molecule has 2 aromatic rings. The summed E-state index contributed by atoms with van der Waals surface area (Å²) in [5, 5.41) is 12.0. The first kappa shape index (κ1) is 13.4. The predicted molar refractivity (Wildman–Crippen MR) is 80.6 cm³/mol. The lowest BCUT2D eigenvalue weighted by Gasteiger charge is -2.15. The number of nitro groups is 1. The Kier molecular flexibility index (Phi) is 3.66. The third-order valence-corrected chi connectivity index (χ3v) is 4.35. The van der Waals surface area contributed by atoms with Gasteiger partial charge in [0.05, 0.1) is 4.92 Å². The van der Waals surface area contributed by atoms with Gasteiger partial charge in [-0.25, -0.2) is 0 Å². The van der Waals surface area contributed by atoms with Crippen molar-refractivity contribution in [2.75, 3.05) is 5.88 Å². The second-order valence-electron chi connectivity index (χ2n) is 5.29. The van der Waals surface area contributed by atoms with Gasteiger partial charge in [0.2, 0.25) is 0 Å². The summed E-state index contributed by atoms with van der Waals surface area (Å²) in [6.07, 6.45) is 5.40. The highest BCUT2D eigenvalue weighted by molar-refractivity contribution is 6.17. The van der Waals surface area contributed by atoms with Crippen molar-refractivity contribution < 1.29 is 4.92 Å². The van der Waals surface area contributed by atoms with E-state index in [2.05, 4.69) is 4.57 Å². The highest BCUT2D eigenvalue weighted by Crippen LogP contribution is 2.34. The van der Waals surface area contributed by atoms with Crippen molar-refractivity contribution >= 4 is 28.2 Å². The van der Waals surface area contributed by atoms with Crippen molar-refractivity contribution in [3.8, 4) is 0 Å². The molecule has 0 N–H and O–H groups in total. The molecule has 1 aromatic carbocycles. The first-order chi connectivity index (χ1) is 9.72. The summed E-state index contributed by atoms with van der Waals surface area (Å²) in [6, 6.07) is 5.22. The number of hydrogen-bond acceptors (Lipinski definition) is 2. The van der Waals surface area contributed by atoms with Crippen LogP contribution >= 0.6 is 11.6 Å². The second-order valence-corrected chi connectivity index (χ2v) is 5.66. The third-order valence-electron chi connectivity index (χ3n) is 4.09. The maximum Gasteiger partial charge on any atom is 0.270 e. The zero-order chi connectivity index (χ0) is 14.1. The molecule has 1 aromatic heterocycles. The van der Waals surface area contributed by atoms with Crippen molar-refractivity contribution in [2.45, 2.75) is 38.6 Å². The van der Waals surface area contributed by atoms with Gasteiger partial charge >= 0.3 is 0 Å². The van der Waals surface area contributed by atoms with E-state index in [9.17, 15) is 10.1 Å². The molecule has 0 aliphatic heterocycles. The standard InChI is InChI=1S/C15H17ClN2O2/c16-8-3-9-17-14-5-2-1-4-12(14)13-10-11(18(19)20)6-7-15(13)17/h6-7,10H,1-5,8-9H2. The van der Waals surface area contributed by atoms with Gasteiger partial charge in [0, 0.05) is 41.2 Å². The van der Waals surface area contributed by atoms with Crippen molar-refractivity contribution in [2.24, 2.45) is 0 Å². The lowest BCUT2D eigenvalue weighted by atomic mass is 9.95. The minimum absolute atomic E-state index is 0.181. The molecule has 0 amide bonds. The van der Waals surface area contributed by atoms with E-state index in [4.69, 9.17) is 11.6 Å². The van der Waals surface area contributed by atoms with Gasteiger partial charge in [0.25, 0.3) is 5.69 Å². The first-order valence-electron chi connectivity index (χ1n) is 7.06. The van der Waals surface area contributed by atoms with E-state index in [0.29, 0.717) is 5.88 Å². The Morgan fingerprint density at radius 3 is 2.85 bits per heavy atom. The topological polar surface area (TPSA) is 48.1 Å². The number of nitrogens with zero attached hydrogens (tertiary/aromatic N) is 2. The van der Waals surface area contributed by atoms with Crippen LogP contribution in [0.25, 0.3) is 10.9 Å². The summed E-state index contributed by atoms with van der Waals surface area (Å²) in [5.74, 6) is 0.640. The van der Waals surface area contributed by atoms with E-state index >= 15 is 0 Å². The summed E-state index contributed by atoms with van der Waals surface area (Å²) in [4.78, 5) is 10.7. The molecular weight excluding hydrogens is 276 g/mol. The maximum absolute atomic E-state index is 11.0. The number of fused-ring (bicyclic) bond motifs is 3. The number of halogens is 1. The largest absolute Gasteiger partial charge is 0.344 e. The minimum Gasteiger partial charge on any atom is -0.344 e. The lowest BCUT2D eigenvalue weighted by molar-refractivity contribution is -0.384. The molecule has 0 atom stereocenters. The van der Waals surface area contributed by atoms with E-state index in [1.807, 2.05) is 6.07 Å². The molecular formula is C15H17ClN2O2. The van der Waals surface area contributed by atoms with Gasteiger partial charge in [-0.3, -0.25) is 10.1 Å². The number of alkyl halides is 1. The fourth-order valence-corrected chi connectivity index (χ4v) is 3.33. The van der Waals surface area contributed by atoms with Gasteiger partial charge < -0.3 is 4.57 Å². The Hall–Kier alpha value is -1.55. The van der Waals surface area contributed by atoms with Crippen molar-refractivity contribution in [1.29, 1.82) is 0 Å². The van der Waals surface area contributed by atoms with E-state index in [1.165, 1.54) is 24.1 Å². The molecule has 4 nitrogen and oxygen atoms in total. The number of aryl methyl sites for hydroxylation is 2. The number of hydrogen-bond donors (Lipinski definition) is 0. The van der Waals surface area contributed by atoms with Crippen LogP contribution in [0.4, 0.5) is 5.69 Å². The molecule has 0 saturated heterocycles. The fourth-order valence-electron chi connectivity index (χ4n) is 3.21. The lowest BCUT2D eigenvalue weighted by Crippen LogP contribution is -2.08. The minimum atomic E-state index is -0.315. The average Bonchev–Trinajstić information content (AvgIpc) is 2.78. The van der Waals surface area contributed by atoms with E-state index in [-0.39, 0.29) is 10.6 Å². The van der Waals surface area contributed by atoms with Crippen LogP contribution in [0.5, 0.6) is 0 Å². The number of benzene rings is 1. The Morgan fingerprint density at radius 1 is 1.30 bits per heavy atom. The summed E-state index contributed by atoms with van der Waals surface area (Å²) >= 11 is 5.82. The van der Waals surface area contributed by atoms with Crippen molar-refractivity contribution in [1.82, 2.24) is 4.57 Å². The van der Waals surface area contributed by atoms with E-state index < -0.39 is 0 Å². The number of rotatable bonds is 4. The number of aromatic nitrogens is 1. The highest BCUT2D eigenvalue weighted by atomic mass is 35.5. The second kappa shape index (κ2) is 5.44. The molecule has 1 aliphatic carbocycles. The van der Waals surface area contributed by atoms with Crippen LogP contribution in [-0.4, -0.2) is 15.4 Å². The molecule has 0 radical (unpaired) electrons. The van der Waals surface area contributed by atoms with Crippen LogP contribution in [0, 0.1) is 10.1 Å². The van der Waals surface area contributed by atoms with Crippen LogP contribution in [0.3, 0.4) is 0 Å². The normalized spacial score (nSPS) is 14.4. The molecule has 0 saturated carbocycles. The van der Waals surface area contributed by atoms with Crippen LogP contribution in [0.1, 0.15) is 30.5 Å². The van der Waals surface area contributed by atoms with Crippen LogP contribution in [-0.2, 0) is 19.4 Å². The molecule has 0 unspecified atom stereocenters. The molecule has 0 bridgehead atoms. The number of nitro benzene ring substituents is 1. The van der Waals surface area contributed by atoms with E-state index in [0.717, 1.165) is 36.7 Å². The SMILES string of the molecule is O=[N+]([O-])c1ccc2c(c1)c1c(n2CCCCl)CCCC1. The molecule has 20 heavy (non-hydrogen) atoms. The average molecular weight is 293 g/mol. The summed E-state index contributed by atoms with van der Waals surface area (Å²) in [6.45, 7) is 0.896. The van der Waals surface area contributed by atoms with Crippen LogP contribution in [0.15, 0.2) is 18.2 Å². The summed E-state index contributed by atoms with van der Waals surface area (Å²) in [7, 11) is 0. The maximum atomic E-state index is 11.0. The highest BCUT2D eigenvalue weighted by Gasteiger charge is 2.21. The monoisotopic (exact) mass is 292 g/mol. The Bertz CT molecular complexity index is 663. The fraction of sp³-hybridized carbons (Fsp3) is 0.467. The number of non-ortho nitro benzene ring substituents is 1. The Labute approximate surface area is 122 Å². The van der Waals surface area contributed by atoms with E-state index in [1.54, 1.807) is 12.1 Å². The zero-order valence-corrected chi connectivity index (χ0v) is 12.0. The molecule has 106 valence electrons. The quantitative estimate of drug-likeness (QED) is 0.485. The first-order valence-corrected chi connectivity index (χ1v) is 7.60. The molecule has 1 heterocycles. The van der Waals surface area contributed by atoms with Crippen LogP contribution < -0.4 is 0 Å². The summed E-state index contributed by atoms with van der Waals surface area (Å²) < 4.78 is 2.32. The third kappa shape index (κ3) is 2.18. The Morgan fingerprint density at radius 2 is 2.10 bits per heavy atom. The van der Waals surface area contributed by atoms with Crippen molar-refractivity contribution in [3.63, 3.8) is 0 Å². The predicted octanol–water partition coefficient (Wildman–Crippen LogP) is 4.06. The van der Waals surface area contributed by atoms with Gasteiger partial charge in [-0.2, -0.15) is 0 Å². The molecule has 0 spiro atoms. The molecule has 1 aliphatic rings. The Balaban J connectivity index is 2.19. The van der Waals surface area contributed by atoms with Crippen molar-refractivity contribution in [3.05, 3.63) is 39.6 Å². The van der Waals surface area contributed by atoms with Gasteiger partial charge in [-0.05, 0) is 43.7 Å². The van der Waals surface area contributed by atoms with Gasteiger partial charge in [0.1, 0.15) is 0 Å². The zero-order valence-electron chi connectivity index (χ0n) is 11.3. The van der Waals surface area contributed by atoms with Gasteiger partial charge in [-0.1, -0.05) is 0 Å².